The van der Waals surface area contributed by atoms with E-state index in [1.807, 2.05) is 65.8 Å². The zero-order chi connectivity index (χ0) is 34.1. The van der Waals surface area contributed by atoms with Gasteiger partial charge in [-0.05, 0) is 101 Å². The van der Waals surface area contributed by atoms with Crippen molar-refractivity contribution in [2.75, 3.05) is 39.6 Å². The Labute approximate surface area is 279 Å². The van der Waals surface area contributed by atoms with Gasteiger partial charge < -0.3 is 43.7 Å². The van der Waals surface area contributed by atoms with Crippen LogP contribution in [0.1, 0.15) is 98.5 Å². The Morgan fingerprint density at radius 3 is 1.06 bits per heavy atom. The van der Waals surface area contributed by atoms with Crippen LogP contribution in [-0.4, -0.2) is 55.0 Å². The van der Waals surface area contributed by atoms with E-state index in [1.54, 1.807) is 0 Å². The molecule has 0 radical (unpaired) electrons. The fraction of sp³-hybridized carbons (Fsp3) is 0.526. The SMILES string of the molecule is CCOCc1cc(C2(C)c3cc(COCC)c(O)c(COCC)c3-c3c2cc(COCC)c(O)c3COCC)cc(COCC)c1O. The van der Waals surface area contributed by atoms with Crippen molar-refractivity contribution in [1.82, 2.24) is 0 Å². The summed E-state index contributed by atoms with van der Waals surface area (Å²) in [5, 5.41) is 34.8. The van der Waals surface area contributed by atoms with Crippen molar-refractivity contribution in [3.63, 3.8) is 0 Å². The molecule has 1 aliphatic carbocycles. The van der Waals surface area contributed by atoms with Gasteiger partial charge in [-0.2, -0.15) is 0 Å². The maximum absolute atomic E-state index is 11.8. The molecule has 0 fully saturated rings. The van der Waals surface area contributed by atoms with Gasteiger partial charge in [-0.25, -0.2) is 0 Å². The van der Waals surface area contributed by atoms with Gasteiger partial charge >= 0.3 is 0 Å². The summed E-state index contributed by atoms with van der Waals surface area (Å²) in [7, 11) is 0. The van der Waals surface area contributed by atoms with Crippen molar-refractivity contribution in [2.45, 2.75) is 93.5 Å². The maximum atomic E-state index is 11.8. The van der Waals surface area contributed by atoms with Gasteiger partial charge in [0.1, 0.15) is 17.2 Å². The Morgan fingerprint density at radius 1 is 0.447 bits per heavy atom. The highest BCUT2D eigenvalue weighted by Crippen LogP contribution is 2.59. The number of phenolic OH excluding ortho intramolecular Hbond substituents is 3. The van der Waals surface area contributed by atoms with Crippen molar-refractivity contribution in [1.29, 1.82) is 0 Å². The molecule has 47 heavy (non-hydrogen) atoms. The molecule has 0 atom stereocenters. The molecule has 4 rings (SSSR count). The van der Waals surface area contributed by atoms with Crippen LogP contribution in [0.25, 0.3) is 11.1 Å². The number of hydrogen-bond donors (Lipinski definition) is 3. The minimum absolute atomic E-state index is 0.112. The van der Waals surface area contributed by atoms with Crippen molar-refractivity contribution in [3.8, 4) is 28.4 Å². The second kappa shape index (κ2) is 16.8. The largest absolute Gasteiger partial charge is 0.507 e. The van der Waals surface area contributed by atoms with Gasteiger partial charge in [-0.1, -0.05) is 0 Å². The van der Waals surface area contributed by atoms with E-state index in [0.29, 0.717) is 73.0 Å². The summed E-state index contributed by atoms with van der Waals surface area (Å²) in [5.74, 6) is 0.374. The number of phenols is 3. The minimum atomic E-state index is -0.814. The molecule has 0 spiro atoms. The van der Waals surface area contributed by atoms with Crippen LogP contribution in [0.3, 0.4) is 0 Å². The maximum Gasteiger partial charge on any atom is 0.127 e. The first-order chi connectivity index (χ1) is 22.7. The zero-order valence-electron chi connectivity index (χ0n) is 29.1. The Bertz CT molecular complexity index is 1410. The molecule has 0 heterocycles. The fourth-order valence-electron chi connectivity index (χ4n) is 6.42. The van der Waals surface area contributed by atoms with Gasteiger partial charge in [0, 0.05) is 78.4 Å². The van der Waals surface area contributed by atoms with Crippen LogP contribution >= 0.6 is 0 Å². The molecule has 9 heteroatoms. The number of fused-ring (bicyclic) bond motifs is 3. The number of hydrogen-bond acceptors (Lipinski definition) is 9. The van der Waals surface area contributed by atoms with Crippen LogP contribution < -0.4 is 0 Å². The van der Waals surface area contributed by atoms with Crippen molar-refractivity contribution in [3.05, 3.63) is 74.3 Å². The molecular weight excluding hydrogens is 600 g/mol. The van der Waals surface area contributed by atoms with Gasteiger partial charge in [-0.3, -0.25) is 0 Å². The molecular formula is C38H52O9. The fourth-order valence-corrected chi connectivity index (χ4v) is 6.42. The highest BCUT2D eigenvalue weighted by Gasteiger charge is 2.46. The number of benzene rings is 3. The first-order valence-electron chi connectivity index (χ1n) is 16.8. The molecule has 3 aromatic rings. The number of aromatic hydroxyl groups is 3. The van der Waals surface area contributed by atoms with E-state index < -0.39 is 5.41 Å². The lowest BCUT2D eigenvalue weighted by atomic mass is 9.72. The predicted molar refractivity (Wildman–Crippen MR) is 181 cm³/mol. The first kappa shape index (κ1) is 36.7. The summed E-state index contributed by atoms with van der Waals surface area (Å²) in [5.41, 5.74) is 7.40. The van der Waals surface area contributed by atoms with Gasteiger partial charge in [0.15, 0.2) is 0 Å². The Kier molecular flexibility index (Phi) is 13.1. The van der Waals surface area contributed by atoms with Crippen LogP contribution in [0, 0.1) is 0 Å². The smallest absolute Gasteiger partial charge is 0.127 e. The summed E-state index contributed by atoms with van der Waals surface area (Å²) in [6, 6.07) is 8.01. The highest BCUT2D eigenvalue weighted by molar-refractivity contribution is 5.91. The van der Waals surface area contributed by atoms with E-state index in [2.05, 4.69) is 6.92 Å². The molecule has 0 amide bonds. The molecule has 9 nitrogen and oxygen atoms in total. The second-order valence-electron chi connectivity index (χ2n) is 11.7. The minimum Gasteiger partial charge on any atom is -0.507 e. The van der Waals surface area contributed by atoms with E-state index >= 15 is 0 Å². The van der Waals surface area contributed by atoms with E-state index in [9.17, 15) is 15.3 Å². The number of ether oxygens (including phenoxy) is 6. The van der Waals surface area contributed by atoms with Gasteiger partial charge in [-0.15, -0.1) is 0 Å². The van der Waals surface area contributed by atoms with E-state index in [1.165, 1.54) is 0 Å². The average Bonchev–Trinajstić information content (AvgIpc) is 3.32. The topological polar surface area (TPSA) is 116 Å². The third-order valence-corrected chi connectivity index (χ3v) is 8.88. The van der Waals surface area contributed by atoms with E-state index in [-0.39, 0.29) is 56.9 Å². The summed E-state index contributed by atoms with van der Waals surface area (Å²) >= 11 is 0. The molecule has 0 saturated heterocycles. The van der Waals surface area contributed by atoms with Crippen LogP contribution in [0.5, 0.6) is 17.2 Å². The van der Waals surface area contributed by atoms with Crippen LogP contribution in [0.4, 0.5) is 0 Å². The van der Waals surface area contributed by atoms with E-state index in [0.717, 1.165) is 27.8 Å². The molecule has 0 unspecified atom stereocenters. The lowest BCUT2D eigenvalue weighted by Gasteiger charge is -2.31. The number of rotatable bonds is 19. The molecule has 0 aromatic heterocycles. The molecule has 0 saturated carbocycles. The van der Waals surface area contributed by atoms with Crippen LogP contribution in [-0.2, 0) is 73.5 Å². The van der Waals surface area contributed by atoms with E-state index in [4.69, 9.17) is 28.4 Å². The molecule has 3 N–H and O–H groups in total. The lowest BCUT2D eigenvalue weighted by Crippen LogP contribution is -2.24. The Morgan fingerprint density at radius 2 is 0.745 bits per heavy atom. The normalized spacial score (nSPS) is 13.3. The summed E-state index contributed by atoms with van der Waals surface area (Å²) in [6.45, 7) is 17.8. The van der Waals surface area contributed by atoms with Gasteiger partial charge in [0.25, 0.3) is 0 Å². The molecule has 1 aliphatic rings. The summed E-state index contributed by atoms with van der Waals surface area (Å²) in [4.78, 5) is 0. The molecule has 0 aliphatic heterocycles. The first-order valence-corrected chi connectivity index (χ1v) is 16.8. The third kappa shape index (κ3) is 7.31. The summed E-state index contributed by atoms with van der Waals surface area (Å²) < 4.78 is 35.2. The molecule has 258 valence electrons. The average molecular weight is 653 g/mol. The Hall–Kier alpha value is -3.18. The zero-order valence-corrected chi connectivity index (χ0v) is 29.1. The second-order valence-corrected chi connectivity index (χ2v) is 11.7. The Balaban J connectivity index is 2.18. The quantitative estimate of drug-likeness (QED) is 0.122. The lowest BCUT2D eigenvalue weighted by molar-refractivity contribution is 0.125. The highest BCUT2D eigenvalue weighted by atomic mass is 16.5. The molecule has 0 bridgehead atoms. The predicted octanol–water partition coefficient (Wildman–Crippen LogP) is 7.36. The van der Waals surface area contributed by atoms with Gasteiger partial charge in [0.05, 0.1) is 39.6 Å². The molecule has 3 aromatic carbocycles. The van der Waals surface area contributed by atoms with Crippen molar-refractivity contribution >= 4 is 0 Å². The van der Waals surface area contributed by atoms with Gasteiger partial charge in [0.2, 0.25) is 0 Å². The monoisotopic (exact) mass is 652 g/mol. The van der Waals surface area contributed by atoms with Crippen molar-refractivity contribution in [2.24, 2.45) is 0 Å². The third-order valence-electron chi connectivity index (χ3n) is 8.88. The van der Waals surface area contributed by atoms with Crippen LogP contribution in [0.2, 0.25) is 0 Å². The van der Waals surface area contributed by atoms with Crippen LogP contribution in [0.15, 0.2) is 24.3 Å². The summed E-state index contributed by atoms with van der Waals surface area (Å²) in [6.07, 6.45) is 0. The standard InChI is InChI=1S/C38H52O9/c1-8-42-18-24-14-28(15-25(35(24)39)19-43-9-2)38(7)31-16-26(20-44-10-3)36(40)29(22-46-12-5)33(31)34-30(23-47-13-6)37(41)27(17-32(34)38)21-45-11-4/h14-17,39-41H,8-13,18-23H2,1-7H3. The van der Waals surface area contributed by atoms with Crippen molar-refractivity contribution < 1.29 is 43.7 Å².